The number of nitrogens with one attached hydrogen (secondary N) is 1. The number of fused-ring (bicyclic) bond motifs is 1. The Kier molecular flexibility index (Phi) is 3.34. The number of aromatic nitrogens is 2. The lowest BCUT2D eigenvalue weighted by Crippen LogP contribution is -2.25. The normalized spacial score (nSPS) is 18.1. The van der Waals surface area contributed by atoms with Crippen LogP contribution in [-0.2, 0) is 4.79 Å². The van der Waals surface area contributed by atoms with Crippen LogP contribution in [0.15, 0.2) is 42.5 Å². The number of aryl methyl sites for hydroxylation is 1. The predicted octanol–water partition coefficient (Wildman–Crippen LogP) is 4.05. The molecule has 4 rings (SSSR count). The summed E-state index contributed by atoms with van der Waals surface area (Å²) in [5.41, 5.74) is 3.88. The summed E-state index contributed by atoms with van der Waals surface area (Å²) >= 11 is 6.09. The second-order valence-electron chi connectivity index (χ2n) is 5.98. The van der Waals surface area contributed by atoms with E-state index < -0.39 is 0 Å². The van der Waals surface area contributed by atoms with Crippen LogP contribution >= 0.6 is 11.6 Å². The van der Waals surface area contributed by atoms with E-state index in [1.165, 1.54) is 0 Å². The van der Waals surface area contributed by atoms with Crippen LogP contribution in [0, 0.1) is 6.92 Å². The fourth-order valence-electron chi connectivity index (χ4n) is 3.16. The third-order valence-electron chi connectivity index (χ3n) is 4.38. The van der Waals surface area contributed by atoms with E-state index in [2.05, 4.69) is 9.97 Å². The molecule has 23 heavy (non-hydrogen) atoms. The molecular formula is C18H16ClN3O. The van der Waals surface area contributed by atoms with Gasteiger partial charge in [0, 0.05) is 29.6 Å². The van der Waals surface area contributed by atoms with Gasteiger partial charge in [-0.25, -0.2) is 4.98 Å². The van der Waals surface area contributed by atoms with Crippen molar-refractivity contribution in [3.63, 3.8) is 0 Å². The SMILES string of the molecule is Cc1ccc(Cl)cc1N1C[C@H](c2nc3ccccc3[nH]2)CC1=O. The summed E-state index contributed by atoms with van der Waals surface area (Å²) < 4.78 is 0. The second-order valence-corrected chi connectivity index (χ2v) is 6.41. The molecule has 1 fully saturated rings. The van der Waals surface area contributed by atoms with Crippen LogP contribution in [-0.4, -0.2) is 22.4 Å². The number of para-hydroxylation sites is 2. The first-order chi connectivity index (χ1) is 11.1. The quantitative estimate of drug-likeness (QED) is 0.773. The Hall–Kier alpha value is -2.33. The summed E-state index contributed by atoms with van der Waals surface area (Å²) in [7, 11) is 0. The van der Waals surface area contributed by atoms with Gasteiger partial charge >= 0.3 is 0 Å². The molecule has 0 saturated carbocycles. The average Bonchev–Trinajstić information content (AvgIpc) is 3.13. The number of amides is 1. The largest absolute Gasteiger partial charge is 0.342 e. The number of hydrogen-bond acceptors (Lipinski definition) is 2. The predicted molar refractivity (Wildman–Crippen MR) is 92.0 cm³/mol. The van der Waals surface area contributed by atoms with Crippen molar-refractivity contribution in [2.24, 2.45) is 0 Å². The highest BCUT2D eigenvalue weighted by molar-refractivity contribution is 6.31. The summed E-state index contributed by atoms with van der Waals surface area (Å²) in [6.45, 7) is 2.62. The molecule has 2 aromatic carbocycles. The molecule has 2 heterocycles. The maximum absolute atomic E-state index is 12.5. The molecule has 0 spiro atoms. The molecule has 3 aromatic rings. The van der Waals surface area contributed by atoms with Gasteiger partial charge in [0.15, 0.2) is 0 Å². The van der Waals surface area contributed by atoms with Crippen LogP contribution in [0.25, 0.3) is 11.0 Å². The molecule has 1 N–H and O–H groups in total. The highest BCUT2D eigenvalue weighted by Gasteiger charge is 2.34. The van der Waals surface area contributed by atoms with Crippen molar-refractivity contribution in [2.75, 3.05) is 11.4 Å². The van der Waals surface area contributed by atoms with Crippen molar-refractivity contribution in [2.45, 2.75) is 19.3 Å². The fraction of sp³-hybridized carbons (Fsp3) is 0.222. The van der Waals surface area contributed by atoms with E-state index in [0.717, 1.165) is 28.1 Å². The Morgan fingerprint density at radius 1 is 1.26 bits per heavy atom. The molecule has 1 aliphatic rings. The number of benzene rings is 2. The number of aromatic amines is 1. The Labute approximate surface area is 139 Å². The lowest BCUT2D eigenvalue weighted by Gasteiger charge is -2.19. The Morgan fingerprint density at radius 3 is 2.91 bits per heavy atom. The molecule has 1 aliphatic heterocycles. The van der Waals surface area contributed by atoms with Crippen LogP contribution in [0.3, 0.4) is 0 Å². The molecule has 1 saturated heterocycles. The van der Waals surface area contributed by atoms with Gasteiger partial charge in [-0.3, -0.25) is 4.79 Å². The molecule has 0 radical (unpaired) electrons. The van der Waals surface area contributed by atoms with Crippen LogP contribution in [0.5, 0.6) is 0 Å². The number of H-pyrrole nitrogens is 1. The van der Waals surface area contributed by atoms with Gasteiger partial charge in [-0.15, -0.1) is 0 Å². The molecule has 1 amide bonds. The minimum Gasteiger partial charge on any atom is -0.342 e. The van der Waals surface area contributed by atoms with E-state index in [1.54, 1.807) is 0 Å². The molecule has 0 unspecified atom stereocenters. The summed E-state index contributed by atoms with van der Waals surface area (Å²) in [5, 5.41) is 0.644. The second kappa shape index (κ2) is 5.39. The highest BCUT2D eigenvalue weighted by atomic mass is 35.5. The third-order valence-corrected chi connectivity index (χ3v) is 4.62. The zero-order valence-corrected chi connectivity index (χ0v) is 13.5. The van der Waals surface area contributed by atoms with Crippen LogP contribution in [0.1, 0.15) is 23.7 Å². The Balaban J connectivity index is 1.66. The minimum absolute atomic E-state index is 0.0771. The molecule has 0 aliphatic carbocycles. The van der Waals surface area contributed by atoms with Crippen molar-refractivity contribution >= 4 is 34.2 Å². The standard InChI is InChI=1S/C18H16ClN3O/c1-11-6-7-13(19)9-16(11)22-10-12(8-17(22)23)18-20-14-4-2-3-5-15(14)21-18/h2-7,9,12H,8,10H2,1H3,(H,20,21)/t12-/m1/s1. The smallest absolute Gasteiger partial charge is 0.227 e. The Bertz CT molecular complexity index is 869. The lowest BCUT2D eigenvalue weighted by atomic mass is 10.1. The van der Waals surface area contributed by atoms with Gasteiger partial charge in [-0.05, 0) is 36.8 Å². The maximum atomic E-state index is 12.5. The van der Waals surface area contributed by atoms with Crippen molar-refractivity contribution in [1.82, 2.24) is 9.97 Å². The van der Waals surface area contributed by atoms with Crippen molar-refractivity contribution < 1.29 is 4.79 Å². The number of anilines is 1. The third kappa shape index (κ3) is 2.49. The van der Waals surface area contributed by atoms with E-state index in [0.29, 0.717) is 18.0 Å². The molecular weight excluding hydrogens is 310 g/mol. The molecule has 5 heteroatoms. The number of hydrogen-bond donors (Lipinski definition) is 1. The van der Waals surface area contributed by atoms with Gasteiger partial charge in [-0.2, -0.15) is 0 Å². The van der Waals surface area contributed by atoms with Gasteiger partial charge in [0.25, 0.3) is 0 Å². The van der Waals surface area contributed by atoms with Gasteiger partial charge in [0.1, 0.15) is 5.82 Å². The maximum Gasteiger partial charge on any atom is 0.227 e. The first kappa shape index (κ1) is 14.3. The van der Waals surface area contributed by atoms with E-state index in [9.17, 15) is 4.79 Å². The molecule has 116 valence electrons. The summed E-state index contributed by atoms with van der Waals surface area (Å²) in [5.74, 6) is 1.07. The van der Waals surface area contributed by atoms with Gasteiger partial charge < -0.3 is 9.88 Å². The van der Waals surface area contributed by atoms with E-state index in [1.807, 2.05) is 54.3 Å². The van der Waals surface area contributed by atoms with Crippen molar-refractivity contribution in [1.29, 1.82) is 0 Å². The van der Waals surface area contributed by atoms with Gasteiger partial charge in [0.05, 0.1) is 11.0 Å². The molecule has 1 aromatic heterocycles. The van der Waals surface area contributed by atoms with Crippen LogP contribution < -0.4 is 4.90 Å². The first-order valence-electron chi connectivity index (χ1n) is 7.63. The molecule has 0 bridgehead atoms. The van der Waals surface area contributed by atoms with Crippen LogP contribution in [0.4, 0.5) is 5.69 Å². The number of rotatable bonds is 2. The van der Waals surface area contributed by atoms with Gasteiger partial charge in [-0.1, -0.05) is 29.8 Å². The van der Waals surface area contributed by atoms with Crippen LogP contribution in [0.2, 0.25) is 5.02 Å². The zero-order chi connectivity index (χ0) is 16.0. The summed E-state index contributed by atoms with van der Waals surface area (Å²) in [4.78, 5) is 22.3. The number of halogens is 1. The summed E-state index contributed by atoms with van der Waals surface area (Å²) in [6.07, 6.45) is 0.464. The monoisotopic (exact) mass is 325 g/mol. The average molecular weight is 326 g/mol. The van der Waals surface area contributed by atoms with Crippen molar-refractivity contribution in [3.8, 4) is 0 Å². The summed E-state index contributed by atoms with van der Waals surface area (Å²) in [6, 6.07) is 13.6. The topological polar surface area (TPSA) is 49.0 Å². The lowest BCUT2D eigenvalue weighted by molar-refractivity contribution is -0.117. The highest BCUT2D eigenvalue weighted by Crippen LogP contribution is 2.34. The van der Waals surface area contributed by atoms with Gasteiger partial charge in [0.2, 0.25) is 5.91 Å². The number of imidazole rings is 1. The Morgan fingerprint density at radius 2 is 2.09 bits per heavy atom. The number of nitrogens with zero attached hydrogens (tertiary/aromatic N) is 2. The molecule has 1 atom stereocenters. The van der Waals surface area contributed by atoms with E-state index in [-0.39, 0.29) is 11.8 Å². The van der Waals surface area contributed by atoms with E-state index >= 15 is 0 Å². The fourth-order valence-corrected chi connectivity index (χ4v) is 3.33. The molecule has 4 nitrogen and oxygen atoms in total. The van der Waals surface area contributed by atoms with Crippen molar-refractivity contribution in [3.05, 3.63) is 58.9 Å². The number of carbonyl (C=O) groups excluding carboxylic acids is 1. The van der Waals surface area contributed by atoms with E-state index in [4.69, 9.17) is 11.6 Å². The minimum atomic E-state index is 0.0771. The number of carbonyl (C=O) groups is 1. The first-order valence-corrected chi connectivity index (χ1v) is 8.01. The zero-order valence-electron chi connectivity index (χ0n) is 12.7.